The smallest absolute Gasteiger partial charge is 0.231 e. The van der Waals surface area contributed by atoms with E-state index in [4.69, 9.17) is 14.5 Å². The van der Waals surface area contributed by atoms with Crippen molar-refractivity contribution >= 4 is 26.7 Å². The van der Waals surface area contributed by atoms with Crippen molar-refractivity contribution in [2.45, 2.75) is 13.0 Å². The molecule has 0 saturated carbocycles. The summed E-state index contributed by atoms with van der Waals surface area (Å²) in [5, 5.41) is 1.14. The van der Waals surface area contributed by atoms with E-state index in [9.17, 15) is 0 Å². The number of hydrogen-bond acceptors (Lipinski definition) is 6. The molecule has 1 fully saturated rings. The van der Waals surface area contributed by atoms with Crippen LogP contribution in [0.5, 0.6) is 11.5 Å². The molecule has 0 radical (unpaired) electrons. The van der Waals surface area contributed by atoms with Gasteiger partial charge in [-0.25, -0.2) is 4.98 Å². The lowest BCUT2D eigenvalue weighted by Crippen LogP contribution is -2.47. The van der Waals surface area contributed by atoms with E-state index in [0.29, 0.717) is 12.8 Å². The van der Waals surface area contributed by atoms with E-state index in [0.717, 1.165) is 48.3 Å². The van der Waals surface area contributed by atoms with Crippen LogP contribution in [0.15, 0.2) is 42.5 Å². The Hall–Kier alpha value is -2.31. The summed E-state index contributed by atoms with van der Waals surface area (Å²) in [5.41, 5.74) is 2.38. The number of ether oxygens (including phenoxy) is 2. The molecule has 0 spiro atoms. The second-order valence-electron chi connectivity index (χ2n) is 6.78. The average molecular weight is 367 g/mol. The van der Waals surface area contributed by atoms with Crippen molar-refractivity contribution in [2.75, 3.05) is 37.9 Å². The molecule has 134 valence electrons. The minimum absolute atomic E-state index is 0.327. The average Bonchev–Trinajstić information content (AvgIpc) is 3.33. The van der Waals surface area contributed by atoms with Crippen LogP contribution in [0.4, 0.5) is 5.13 Å². The Morgan fingerprint density at radius 1 is 1.00 bits per heavy atom. The molecule has 1 saturated heterocycles. The molecule has 0 N–H and O–H groups in total. The van der Waals surface area contributed by atoms with Crippen molar-refractivity contribution in [1.29, 1.82) is 0 Å². The molecule has 5 nitrogen and oxygen atoms in total. The fourth-order valence-corrected chi connectivity index (χ4v) is 4.70. The molecule has 0 bridgehead atoms. The molecule has 3 heterocycles. The van der Waals surface area contributed by atoms with Crippen LogP contribution < -0.4 is 14.4 Å². The minimum Gasteiger partial charge on any atom is -0.454 e. The predicted molar refractivity (Wildman–Crippen MR) is 104 cm³/mol. The first-order valence-electron chi connectivity index (χ1n) is 9.02. The molecule has 2 aliphatic heterocycles. The summed E-state index contributed by atoms with van der Waals surface area (Å²) in [7, 11) is 0. The van der Waals surface area contributed by atoms with Gasteiger partial charge >= 0.3 is 0 Å². The number of hydrogen-bond donors (Lipinski definition) is 0. The third-order valence-corrected chi connectivity index (χ3v) is 6.39. The van der Waals surface area contributed by atoms with Crippen molar-refractivity contribution in [3.8, 4) is 11.5 Å². The van der Waals surface area contributed by atoms with Crippen LogP contribution in [0.3, 0.4) is 0 Å². The molecule has 0 unspecified atom stereocenters. The first kappa shape index (κ1) is 15.9. The predicted octanol–water partition coefficient (Wildman–Crippen LogP) is 3.91. The summed E-state index contributed by atoms with van der Waals surface area (Å²) in [6.45, 7) is 6.68. The van der Waals surface area contributed by atoms with E-state index >= 15 is 0 Å². The van der Waals surface area contributed by atoms with Gasteiger partial charge in [-0.1, -0.05) is 29.5 Å². The zero-order valence-electron chi connectivity index (χ0n) is 14.7. The third-order valence-electron chi connectivity index (χ3n) is 5.29. The van der Waals surface area contributed by atoms with E-state index in [2.05, 4.69) is 53.1 Å². The highest BCUT2D eigenvalue weighted by Crippen LogP contribution is 2.36. The van der Waals surface area contributed by atoms with Crippen molar-refractivity contribution in [3.63, 3.8) is 0 Å². The van der Waals surface area contributed by atoms with Crippen molar-refractivity contribution in [2.24, 2.45) is 0 Å². The van der Waals surface area contributed by atoms with Gasteiger partial charge in [-0.3, -0.25) is 4.90 Å². The summed E-state index contributed by atoms with van der Waals surface area (Å²) < 4.78 is 12.2. The molecule has 26 heavy (non-hydrogen) atoms. The maximum atomic E-state index is 5.52. The molecular weight excluding hydrogens is 346 g/mol. The van der Waals surface area contributed by atoms with E-state index in [1.165, 1.54) is 10.3 Å². The standard InChI is InChI=1S/C20H21N3O2S/c1-14(15-6-7-17-18(12-15)25-13-24-17)22-8-10-23(11-9-22)20-21-16-4-2-3-5-19(16)26-20/h2-7,12,14H,8-11,13H2,1H3/t14-/m0/s1. The maximum Gasteiger partial charge on any atom is 0.231 e. The molecule has 5 rings (SSSR count). The Labute approximate surface area is 156 Å². The molecule has 1 aromatic heterocycles. The fourth-order valence-electron chi connectivity index (χ4n) is 3.68. The zero-order valence-corrected chi connectivity index (χ0v) is 15.5. The number of aromatic nitrogens is 1. The molecule has 3 aromatic rings. The van der Waals surface area contributed by atoms with Crippen LogP contribution in [0.2, 0.25) is 0 Å². The second kappa shape index (κ2) is 6.45. The highest BCUT2D eigenvalue weighted by atomic mass is 32.1. The van der Waals surface area contributed by atoms with Gasteiger partial charge in [0.2, 0.25) is 6.79 Å². The Balaban J connectivity index is 1.27. The largest absolute Gasteiger partial charge is 0.454 e. The summed E-state index contributed by atoms with van der Waals surface area (Å²) in [6.07, 6.45) is 0. The molecular formula is C20H21N3O2S. The fraction of sp³-hybridized carbons (Fsp3) is 0.350. The van der Waals surface area contributed by atoms with Crippen molar-refractivity contribution in [1.82, 2.24) is 9.88 Å². The molecule has 0 amide bonds. The van der Waals surface area contributed by atoms with Gasteiger partial charge in [-0.2, -0.15) is 0 Å². The summed E-state index contributed by atoms with van der Waals surface area (Å²) in [6, 6.07) is 15.0. The van der Waals surface area contributed by atoms with Gasteiger partial charge in [-0.05, 0) is 36.8 Å². The van der Waals surface area contributed by atoms with Gasteiger partial charge in [0.1, 0.15) is 0 Å². The number of piperazine rings is 1. The number of benzene rings is 2. The van der Waals surface area contributed by atoms with Crippen LogP contribution in [0, 0.1) is 0 Å². The molecule has 2 aliphatic rings. The quantitative estimate of drug-likeness (QED) is 0.702. The monoisotopic (exact) mass is 367 g/mol. The van der Waals surface area contributed by atoms with Gasteiger partial charge in [-0.15, -0.1) is 0 Å². The molecule has 2 aromatic carbocycles. The number of thiazole rings is 1. The van der Waals surface area contributed by atoms with Gasteiger partial charge in [0.15, 0.2) is 16.6 Å². The number of fused-ring (bicyclic) bond motifs is 2. The van der Waals surface area contributed by atoms with Crippen LogP contribution in [0.1, 0.15) is 18.5 Å². The Morgan fingerprint density at radius 3 is 2.65 bits per heavy atom. The number of rotatable bonds is 3. The highest BCUT2D eigenvalue weighted by molar-refractivity contribution is 7.22. The SMILES string of the molecule is C[C@@H](c1ccc2c(c1)OCO2)N1CCN(c2nc3ccccc3s2)CC1. The van der Waals surface area contributed by atoms with Crippen LogP contribution >= 0.6 is 11.3 Å². The first-order chi connectivity index (χ1) is 12.8. The number of anilines is 1. The molecule has 6 heteroatoms. The number of nitrogens with zero attached hydrogens (tertiary/aromatic N) is 3. The van der Waals surface area contributed by atoms with E-state index in [1.807, 2.05) is 6.07 Å². The highest BCUT2D eigenvalue weighted by Gasteiger charge is 2.25. The summed E-state index contributed by atoms with van der Waals surface area (Å²) in [5.74, 6) is 1.71. The summed E-state index contributed by atoms with van der Waals surface area (Å²) >= 11 is 1.79. The Bertz CT molecular complexity index is 901. The normalized spacial score (nSPS) is 18.4. The lowest BCUT2D eigenvalue weighted by atomic mass is 10.1. The minimum atomic E-state index is 0.327. The van der Waals surface area contributed by atoms with Crippen LogP contribution in [-0.4, -0.2) is 42.9 Å². The topological polar surface area (TPSA) is 37.8 Å². The lowest BCUT2D eigenvalue weighted by Gasteiger charge is -2.38. The molecule has 1 atom stereocenters. The van der Waals surface area contributed by atoms with E-state index in [-0.39, 0.29) is 0 Å². The second-order valence-corrected chi connectivity index (χ2v) is 7.78. The zero-order chi connectivity index (χ0) is 17.5. The Kier molecular flexibility index (Phi) is 3.94. The van der Waals surface area contributed by atoms with Crippen molar-refractivity contribution in [3.05, 3.63) is 48.0 Å². The maximum absolute atomic E-state index is 5.52. The third kappa shape index (κ3) is 2.79. The first-order valence-corrected chi connectivity index (χ1v) is 9.84. The lowest BCUT2D eigenvalue weighted by molar-refractivity contribution is 0.173. The molecule has 0 aliphatic carbocycles. The van der Waals surface area contributed by atoms with Gasteiger partial charge in [0, 0.05) is 32.2 Å². The Morgan fingerprint density at radius 2 is 1.81 bits per heavy atom. The van der Waals surface area contributed by atoms with Crippen molar-refractivity contribution < 1.29 is 9.47 Å². The van der Waals surface area contributed by atoms with E-state index < -0.39 is 0 Å². The van der Waals surface area contributed by atoms with Gasteiger partial charge < -0.3 is 14.4 Å². The van der Waals surface area contributed by atoms with Gasteiger partial charge in [0.25, 0.3) is 0 Å². The van der Waals surface area contributed by atoms with Crippen LogP contribution in [0.25, 0.3) is 10.2 Å². The van der Waals surface area contributed by atoms with E-state index in [1.54, 1.807) is 11.3 Å². The number of para-hydroxylation sites is 1. The van der Waals surface area contributed by atoms with Gasteiger partial charge in [0.05, 0.1) is 10.2 Å². The summed E-state index contributed by atoms with van der Waals surface area (Å²) in [4.78, 5) is 9.74. The van der Waals surface area contributed by atoms with Crippen LogP contribution in [-0.2, 0) is 0 Å².